The van der Waals surface area contributed by atoms with Crippen LogP contribution < -0.4 is 16.6 Å². The van der Waals surface area contributed by atoms with Crippen molar-refractivity contribution >= 4 is 11.0 Å². The number of aromatic amines is 1. The first-order valence-corrected chi connectivity index (χ1v) is 6.23. The number of hydrazine groups is 1. The van der Waals surface area contributed by atoms with Gasteiger partial charge in [0.05, 0.1) is 6.20 Å². The number of pyridine rings is 1. The van der Waals surface area contributed by atoms with Gasteiger partial charge in [-0.15, -0.1) is 0 Å². The average molecular weight is 272 g/mol. The molecule has 1 aliphatic carbocycles. The minimum Gasteiger partial charge on any atom is -0.403 e. The highest BCUT2D eigenvalue weighted by atomic mass is 15.3. The largest absolute Gasteiger partial charge is 0.403 e. The molecule has 6 nitrogen and oxygen atoms in total. The molecular formula is C14H20N6. The molecule has 0 saturated heterocycles. The lowest BCUT2D eigenvalue weighted by Crippen LogP contribution is -2.20. The first-order chi connectivity index (χ1) is 9.88. The zero-order chi connectivity index (χ0) is 14.5. The van der Waals surface area contributed by atoms with E-state index in [-0.39, 0.29) is 0 Å². The summed E-state index contributed by atoms with van der Waals surface area (Å²) in [5.74, 6) is 0. The van der Waals surface area contributed by atoms with Crippen LogP contribution in [0.15, 0.2) is 61.2 Å². The molecule has 2 aromatic rings. The van der Waals surface area contributed by atoms with E-state index in [0.717, 1.165) is 17.5 Å². The van der Waals surface area contributed by atoms with Gasteiger partial charge < -0.3 is 11.2 Å². The maximum Gasteiger partial charge on any atom is 0.155 e. The summed E-state index contributed by atoms with van der Waals surface area (Å²) < 4.78 is 0. The molecule has 106 valence electrons. The van der Waals surface area contributed by atoms with Gasteiger partial charge in [0.15, 0.2) is 5.65 Å². The third-order valence-electron chi connectivity index (χ3n) is 2.19. The number of fused-ring (bicyclic) bond motifs is 1. The van der Waals surface area contributed by atoms with E-state index >= 15 is 0 Å². The van der Waals surface area contributed by atoms with Crippen LogP contribution in [-0.4, -0.2) is 22.2 Å². The molecule has 5 N–H and O–H groups in total. The zero-order valence-electron chi connectivity index (χ0n) is 11.5. The van der Waals surface area contributed by atoms with Crippen LogP contribution in [0.5, 0.6) is 0 Å². The van der Waals surface area contributed by atoms with Crippen LogP contribution in [-0.2, 0) is 0 Å². The average Bonchev–Trinajstić information content (AvgIpc) is 3.18. The number of aromatic nitrogens is 3. The maximum absolute atomic E-state index is 4.93. The van der Waals surface area contributed by atoms with Crippen LogP contribution in [0.1, 0.15) is 6.42 Å². The second-order valence-corrected chi connectivity index (χ2v) is 3.66. The number of nitrogens with zero attached hydrogens (tertiary/aromatic N) is 2. The smallest absolute Gasteiger partial charge is 0.155 e. The molecule has 0 spiro atoms. The van der Waals surface area contributed by atoms with E-state index < -0.39 is 0 Å². The Morgan fingerprint density at radius 3 is 2.65 bits per heavy atom. The van der Waals surface area contributed by atoms with E-state index in [2.05, 4.69) is 50.3 Å². The first kappa shape index (κ1) is 15.5. The van der Waals surface area contributed by atoms with Gasteiger partial charge in [-0.05, 0) is 18.6 Å². The van der Waals surface area contributed by atoms with Gasteiger partial charge in [-0.1, -0.05) is 24.3 Å². The number of nitrogens with two attached hydrogens (primary N) is 1. The molecule has 0 aromatic carbocycles. The molecule has 3 rings (SSSR count). The standard InChI is InChI=1S/C6H5N3.C5H6.C3H9N3/c1-2-5-4-8-9-6(5)7-3-1;1-2-4-5-3-1;1-5-6-3-2-4/h1-4H,(H,7,8,9);1-4H,5H2;2-3,5-6H,4H2,1H3/b;;3-2-. The summed E-state index contributed by atoms with van der Waals surface area (Å²) in [5, 5.41) is 7.63. The second kappa shape index (κ2) is 10.3. The van der Waals surface area contributed by atoms with Crippen LogP contribution in [0.3, 0.4) is 0 Å². The van der Waals surface area contributed by atoms with Crippen LogP contribution >= 0.6 is 0 Å². The van der Waals surface area contributed by atoms with Crippen molar-refractivity contribution in [1.82, 2.24) is 26.0 Å². The van der Waals surface area contributed by atoms with E-state index in [1.165, 1.54) is 6.20 Å². The molecule has 0 fully saturated rings. The van der Waals surface area contributed by atoms with Crippen molar-refractivity contribution in [2.45, 2.75) is 6.42 Å². The molecule has 0 amide bonds. The number of H-pyrrole nitrogens is 1. The molecule has 0 bridgehead atoms. The molecule has 6 heteroatoms. The molecular weight excluding hydrogens is 252 g/mol. The highest BCUT2D eigenvalue weighted by Gasteiger charge is 1.89. The van der Waals surface area contributed by atoms with Crippen molar-refractivity contribution < 1.29 is 0 Å². The molecule has 2 aromatic heterocycles. The van der Waals surface area contributed by atoms with E-state index in [1.54, 1.807) is 25.6 Å². The molecule has 20 heavy (non-hydrogen) atoms. The van der Waals surface area contributed by atoms with Gasteiger partial charge in [-0.2, -0.15) is 5.10 Å². The van der Waals surface area contributed by atoms with Crippen LogP contribution in [0, 0.1) is 0 Å². The van der Waals surface area contributed by atoms with Crippen molar-refractivity contribution in [1.29, 1.82) is 0 Å². The Balaban J connectivity index is 0.000000160. The third kappa shape index (κ3) is 6.36. The van der Waals surface area contributed by atoms with Gasteiger partial charge in [0, 0.05) is 31.0 Å². The summed E-state index contributed by atoms with van der Waals surface area (Å²) in [6.07, 6.45) is 16.0. The highest BCUT2D eigenvalue weighted by molar-refractivity contribution is 5.72. The molecule has 0 radical (unpaired) electrons. The molecule has 0 unspecified atom stereocenters. The predicted molar refractivity (Wildman–Crippen MR) is 82.3 cm³/mol. The van der Waals surface area contributed by atoms with Gasteiger partial charge in [0.25, 0.3) is 0 Å². The number of hydrogen-bond acceptors (Lipinski definition) is 5. The fraction of sp³-hybridized carbons (Fsp3) is 0.143. The van der Waals surface area contributed by atoms with Gasteiger partial charge in [-0.3, -0.25) is 5.10 Å². The van der Waals surface area contributed by atoms with Crippen molar-refractivity contribution in [3.63, 3.8) is 0 Å². The van der Waals surface area contributed by atoms with Crippen molar-refractivity contribution in [2.24, 2.45) is 5.73 Å². The Morgan fingerprint density at radius 2 is 2.15 bits per heavy atom. The van der Waals surface area contributed by atoms with Crippen LogP contribution in [0.2, 0.25) is 0 Å². The highest BCUT2D eigenvalue weighted by Crippen LogP contribution is 2.03. The molecule has 0 atom stereocenters. The van der Waals surface area contributed by atoms with E-state index in [4.69, 9.17) is 5.73 Å². The Kier molecular flexibility index (Phi) is 7.99. The molecule has 0 aliphatic heterocycles. The zero-order valence-corrected chi connectivity index (χ0v) is 11.5. The lowest BCUT2D eigenvalue weighted by Gasteiger charge is -1.89. The maximum atomic E-state index is 4.93. The SMILES string of the molecule is C1=CCC=C1.CNN/C=C\N.c1cnc2[nH]ncc2c1. The van der Waals surface area contributed by atoms with Crippen molar-refractivity contribution in [3.05, 3.63) is 61.2 Å². The van der Waals surface area contributed by atoms with E-state index in [0.29, 0.717) is 0 Å². The number of nitrogens with one attached hydrogen (secondary N) is 3. The van der Waals surface area contributed by atoms with Crippen molar-refractivity contribution in [2.75, 3.05) is 7.05 Å². The number of rotatable bonds is 2. The summed E-state index contributed by atoms with van der Waals surface area (Å²) in [6, 6.07) is 3.85. The van der Waals surface area contributed by atoms with Gasteiger partial charge in [-0.25, -0.2) is 10.4 Å². The predicted octanol–water partition coefficient (Wildman–Crippen LogP) is 1.60. The number of allylic oxidation sites excluding steroid dienone is 4. The summed E-state index contributed by atoms with van der Waals surface area (Å²) in [5.41, 5.74) is 11.1. The van der Waals surface area contributed by atoms with Gasteiger partial charge in [0.1, 0.15) is 0 Å². The Morgan fingerprint density at radius 1 is 1.35 bits per heavy atom. The third-order valence-corrected chi connectivity index (χ3v) is 2.19. The topological polar surface area (TPSA) is 91.6 Å². The Labute approximate surface area is 118 Å². The fourth-order valence-electron chi connectivity index (χ4n) is 1.30. The van der Waals surface area contributed by atoms with E-state index in [9.17, 15) is 0 Å². The van der Waals surface area contributed by atoms with Crippen molar-refractivity contribution in [3.8, 4) is 0 Å². The minimum atomic E-state index is 0.845. The Bertz CT molecular complexity index is 515. The monoisotopic (exact) mass is 272 g/mol. The summed E-state index contributed by atoms with van der Waals surface area (Å²) in [4.78, 5) is 4.02. The van der Waals surface area contributed by atoms with Gasteiger partial charge >= 0.3 is 0 Å². The van der Waals surface area contributed by atoms with Crippen LogP contribution in [0.4, 0.5) is 0 Å². The summed E-state index contributed by atoms with van der Waals surface area (Å²) in [7, 11) is 1.76. The molecule has 2 heterocycles. The quantitative estimate of drug-likeness (QED) is 0.623. The molecule has 1 aliphatic rings. The Hall–Kier alpha value is -2.60. The fourth-order valence-corrected chi connectivity index (χ4v) is 1.30. The first-order valence-electron chi connectivity index (χ1n) is 6.23. The minimum absolute atomic E-state index is 0.845. The lowest BCUT2D eigenvalue weighted by molar-refractivity contribution is 0.729. The van der Waals surface area contributed by atoms with Crippen LogP contribution in [0.25, 0.3) is 11.0 Å². The van der Waals surface area contributed by atoms with Gasteiger partial charge in [0.2, 0.25) is 0 Å². The normalized spacial score (nSPS) is 11.8. The summed E-state index contributed by atoms with van der Waals surface area (Å²) in [6.45, 7) is 0. The molecule has 0 saturated carbocycles. The number of hydrogen-bond donors (Lipinski definition) is 4. The summed E-state index contributed by atoms with van der Waals surface area (Å²) >= 11 is 0. The lowest BCUT2D eigenvalue weighted by atomic mass is 10.4. The second-order valence-electron chi connectivity index (χ2n) is 3.66. The van der Waals surface area contributed by atoms with E-state index in [1.807, 2.05) is 12.1 Å².